The lowest BCUT2D eigenvalue weighted by Crippen LogP contribution is -3.13. The molecule has 2 aromatic rings. The smallest absolute Gasteiger partial charge is 0.243 e. The van der Waals surface area contributed by atoms with E-state index in [0.717, 1.165) is 51.3 Å². The van der Waals surface area contributed by atoms with Crippen LogP contribution in [0, 0.1) is 0 Å². The Morgan fingerprint density at radius 1 is 1.07 bits per heavy atom. The van der Waals surface area contributed by atoms with Crippen LogP contribution < -0.4 is 4.90 Å². The van der Waals surface area contributed by atoms with Crippen LogP contribution in [0.4, 0.5) is 0 Å². The molecule has 0 bridgehead atoms. The van der Waals surface area contributed by atoms with E-state index in [0.29, 0.717) is 18.0 Å². The van der Waals surface area contributed by atoms with Crippen molar-refractivity contribution in [3.63, 3.8) is 0 Å². The Labute approximate surface area is 161 Å². The maximum atomic E-state index is 12.9. The molecular weight excluding hydrogens is 364 g/mol. The summed E-state index contributed by atoms with van der Waals surface area (Å²) in [6.45, 7) is 8.30. The first kappa shape index (κ1) is 19.9. The molecule has 0 atom stereocenters. The Kier molecular flexibility index (Phi) is 6.56. The lowest BCUT2D eigenvalue weighted by molar-refractivity contribution is -0.918. The van der Waals surface area contributed by atoms with Gasteiger partial charge in [-0.15, -0.1) is 5.10 Å². The van der Waals surface area contributed by atoms with E-state index >= 15 is 0 Å². The van der Waals surface area contributed by atoms with Gasteiger partial charge < -0.3 is 4.90 Å². The summed E-state index contributed by atoms with van der Waals surface area (Å²) in [6, 6.07) is 7.31. The highest BCUT2D eigenvalue weighted by Crippen LogP contribution is 2.17. The van der Waals surface area contributed by atoms with Crippen molar-refractivity contribution in [3.05, 3.63) is 35.7 Å². The Hall–Kier alpha value is -1.84. The first-order chi connectivity index (χ1) is 13.0. The van der Waals surface area contributed by atoms with E-state index in [1.54, 1.807) is 16.4 Å². The lowest BCUT2D eigenvalue weighted by Gasteiger charge is -2.31. The number of piperazine rings is 1. The third-order valence-corrected chi connectivity index (χ3v) is 6.89. The SMILES string of the molecule is CCCc1ccc(S(=O)(=O)N2CC[NH+](Cc3nnnn3CCC)CC2)cc1. The van der Waals surface area contributed by atoms with Crippen LogP contribution in [0.1, 0.15) is 38.1 Å². The molecule has 0 unspecified atom stereocenters. The fourth-order valence-electron chi connectivity index (χ4n) is 3.44. The fraction of sp³-hybridized carbons (Fsp3) is 0.611. The standard InChI is InChI=1S/C18H28N6O2S/c1-3-5-16-6-8-17(9-7-16)27(25,26)23-13-11-22(12-14-23)15-18-19-20-21-24(18)10-4-2/h6-9H,3-5,10-15H2,1-2H3/p+1. The zero-order chi connectivity index (χ0) is 19.3. The summed E-state index contributed by atoms with van der Waals surface area (Å²) in [7, 11) is -3.42. The quantitative estimate of drug-likeness (QED) is 0.689. The normalized spacial score (nSPS) is 16.7. The van der Waals surface area contributed by atoms with E-state index in [1.807, 2.05) is 16.8 Å². The van der Waals surface area contributed by atoms with E-state index in [9.17, 15) is 8.42 Å². The van der Waals surface area contributed by atoms with Crippen molar-refractivity contribution in [3.8, 4) is 0 Å². The highest BCUT2D eigenvalue weighted by molar-refractivity contribution is 7.89. The maximum Gasteiger partial charge on any atom is 0.243 e. The average Bonchev–Trinajstić information content (AvgIpc) is 3.10. The van der Waals surface area contributed by atoms with E-state index in [1.165, 1.54) is 10.5 Å². The molecule has 0 aliphatic carbocycles. The van der Waals surface area contributed by atoms with Gasteiger partial charge in [0.25, 0.3) is 0 Å². The number of tetrazole rings is 1. The van der Waals surface area contributed by atoms with E-state index in [2.05, 4.69) is 29.4 Å². The van der Waals surface area contributed by atoms with Gasteiger partial charge in [0.1, 0.15) is 6.54 Å². The molecule has 0 spiro atoms. The van der Waals surface area contributed by atoms with Crippen molar-refractivity contribution in [2.75, 3.05) is 26.2 Å². The van der Waals surface area contributed by atoms with Crippen LogP contribution >= 0.6 is 0 Å². The molecule has 8 nitrogen and oxygen atoms in total. The van der Waals surface area contributed by atoms with E-state index in [-0.39, 0.29) is 0 Å². The summed E-state index contributed by atoms with van der Waals surface area (Å²) < 4.78 is 29.2. The predicted molar refractivity (Wildman–Crippen MR) is 102 cm³/mol. The number of rotatable bonds is 8. The largest absolute Gasteiger partial charge is 0.326 e. The van der Waals surface area contributed by atoms with E-state index in [4.69, 9.17) is 0 Å². The van der Waals surface area contributed by atoms with Crippen LogP contribution in [0.25, 0.3) is 0 Å². The van der Waals surface area contributed by atoms with Crippen LogP contribution in [-0.2, 0) is 29.5 Å². The second kappa shape index (κ2) is 8.90. The zero-order valence-electron chi connectivity index (χ0n) is 16.1. The first-order valence-corrected chi connectivity index (χ1v) is 11.2. The highest BCUT2D eigenvalue weighted by Gasteiger charge is 2.31. The van der Waals surface area contributed by atoms with Crippen LogP contribution in [0.5, 0.6) is 0 Å². The van der Waals surface area contributed by atoms with Gasteiger partial charge in [0.15, 0.2) is 0 Å². The van der Waals surface area contributed by atoms with Gasteiger partial charge in [0.05, 0.1) is 31.1 Å². The molecule has 9 heteroatoms. The van der Waals surface area contributed by atoms with Gasteiger partial charge >= 0.3 is 0 Å². The molecule has 1 fully saturated rings. The molecule has 1 aromatic carbocycles. The minimum atomic E-state index is -3.42. The minimum absolute atomic E-state index is 0.387. The number of nitrogens with one attached hydrogen (secondary N) is 1. The highest BCUT2D eigenvalue weighted by atomic mass is 32.2. The number of aromatic nitrogens is 4. The number of hydrogen-bond donors (Lipinski definition) is 1. The van der Waals surface area contributed by atoms with Crippen molar-refractivity contribution in [2.24, 2.45) is 0 Å². The van der Waals surface area contributed by atoms with Gasteiger partial charge in [-0.1, -0.05) is 32.4 Å². The van der Waals surface area contributed by atoms with Crippen molar-refractivity contribution in [2.45, 2.75) is 51.1 Å². The molecule has 2 heterocycles. The van der Waals surface area contributed by atoms with Crippen LogP contribution in [0.2, 0.25) is 0 Å². The second-order valence-electron chi connectivity index (χ2n) is 7.04. The number of aryl methyl sites for hydroxylation is 2. The molecule has 1 N–H and O–H groups in total. The van der Waals surface area contributed by atoms with Crippen LogP contribution in [0.3, 0.4) is 0 Å². The average molecular weight is 394 g/mol. The topological polar surface area (TPSA) is 85.4 Å². The second-order valence-corrected chi connectivity index (χ2v) is 8.98. The predicted octanol–water partition coefficient (Wildman–Crippen LogP) is 0.125. The number of benzene rings is 1. The molecule has 148 valence electrons. The molecule has 1 aliphatic heterocycles. The Bertz CT molecular complexity index is 826. The molecule has 0 radical (unpaired) electrons. The summed E-state index contributed by atoms with van der Waals surface area (Å²) in [5.41, 5.74) is 1.18. The summed E-state index contributed by atoms with van der Waals surface area (Å²) in [6.07, 6.45) is 3.01. The van der Waals surface area contributed by atoms with Crippen molar-refractivity contribution in [1.82, 2.24) is 24.5 Å². The zero-order valence-corrected chi connectivity index (χ0v) is 17.0. The molecule has 3 rings (SSSR count). The van der Waals surface area contributed by atoms with Crippen molar-refractivity contribution < 1.29 is 13.3 Å². The summed E-state index contributed by atoms with van der Waals surface area (Å²) in [5.74, 6) is 0.870. The molecule has 1 saturated heterocycles. The molecule has 1 aliphatic rings. The van der Waals surface area contributed by atoms with Gasteiger partial charge in [0, 0.05) is 6.54 Å². The Balaban J connectivity index is 1.60. The Morgan fingerprint density at radius 3 is 2.41 bits per heavy atom. The van der Waals surface area contributed by atoms with Crippen molar-refractivity contribution in [1.29, 1.82) is 0 Å². The maximum absolute atomic E-state index is 12.9. The lowest BCUT2D eigenvalue weighted by atomic mass is 10.1. The number of nitrogens with zero attached hydrogens (tertiary/aromatic N) is 5. The summed E-state index contributed by atoms with van der Waals surface area (Å²) >= 11 is 0. The molecular formula is C18H29N6O2S+. The summed E-state index contributed by atoms with van der Waals surface area (Å²) in [5, 5.41) is 11.9. The van der Waals surface area contributed by atoms with Crippen LogP contribution in [-0.4, -0.2) is 59.1 Å². The van der Waals surface area contributed by atoms with Gasteiger partial charge in [0.2, 0.25) is 15.8 Å². The first-order valence-electron chi connectivity index (χ1n) is 9.72. The van der Waals surface area contributed by atoms with Gasteiger partial charge in [-0.05, 0) is 41.0 Å². The molecule has 0 saturated carbocycles. The summed E-state index contributed by atoms with van der Waals surface area (Å²) in [4.78, 5) is 1.70. The fourth-order valence-corrected chi connectivity index (χ4v) is 4.89. The molecule has 27 heavy (non-hydrogen) atoms. The monoisotopic (exact) mass is 393 g/mol. The number of quaternary nitrogens is 1. The van der Waals surface area contributed by atoms with Gasteiger partial charge in [-0.25, -0.2) is 13.1 Å². The van der Waals surface area contributed by atoms with Crippen LogP contribution in [0.15, 0.2) is 29.2 Å². The third kappa shape index (κ3) is 4.72. The van der Waals surface area contributed by atoms with Gasteiger partial charge in [-0.2, -0.15) is 4.31 Å². The number of hydrogen-bond acceptors (Lipinski definition) is 5. The molecule has 0 amide bonds. The van der Waals surface area contributed by atoms with E-state index < -0.39 is 10.0 Å². The third-order valence-electron chi connectivity index (χ3n) is 4.98. The molecule has 1 aromatic heterocycles. The Morgan fingerprint density at radius 2 is 1.78 bits per heavy atom. The van der Waals surface area contributed by atoms with Gasteiger partial charge in [-0.3, -0.25) is 0 Å². The van der Waals surface area contributed by atoms with Crippen molar-refractivity contribution >= 4 is 10.0 Å². The minimum Gasteiger partial charge on any atom is -0.326 e. The number of sulfonamides is 1.